The minimum atomic E-state index is -1.76. The van der Waals surface area contributed by atoms with E-state index in [2.05, 4.69) is 0 Å². The average molecular weight is 520 g/mol. The Labute approximate surface area is 220 Å². The maximum Gasteiger partial charge on any atom is 0.330 e. The van der Waals surface area contributed by atoms with E-state index in [0.717, 1.165) is 0 Å². The van der Waals surface area contributed by atoms with E-state index < -0.39 is 35.2 Å². The molecule has 7 nitrogen and oxygen atoms in total. The molecule has 2 heterocycles. The smallest absolute Gasteiger partial charge is 0.330 e. The molecule has 5 rings (SSSR count). The number of hydrogen-bond donors (Lipinski definition) is 1. The number of halogens is 1. The number of carboxylic acid groups (broad SMARTS) is 1. The summed E-state index contributed by atoms with van der Waals surface area (Å²) in [5, 5.41) is 10.8. The van der Waals surface area contributed by atoms with Crippen LogP contribution in [0.2, 0.25) is 0 Å². The Bertz CT molecular complexity index is 1390. The van der Waals surface area contributed by atoms with E-state index in [0.29, 0.717) is 46.8 Å². The molecular weight excluding hydrogens is 489 g/mol. The molecule has 1 saturated carbocycles. The first-order valence-electron chi connectivity index (χ1n) is 12.6. The predicted molar refractivity (Wildman–Crippen MR) is 136 cm³/mol. The fraction of sp³-hybridized carbons (Fsp3) is 0.367. The van der Waals surface area contributed by atoms with E-state index in [9.17, 15) is 23.9 Å². The number of nitrogens with zero attached hydrogens (tertiary/aromatic N) is 1. The van der Waals surface area contributed by atoms with Crippen molar-refractivity contribution < 1.29 is 33.0 Å². The third-order valence-corrected chi connectivity index (χ3v) is 7.98. The van der Waals surface area contributed by atoms with Crippen molar-refractivity contribution in [3.05, 3.63) is 88.6 Å². The molecule has 198 valence electrons. The van der Waals surface area contributed by atoms with Crippen molar-refractivity contribution in [2.24, 2.45) is 11.8 Å². The van der Waals surface area contributed by atoms with Crippen molar-refractivity contribution in [3.8, 4) is 5.75 Å². The van der Waals surface area contributed by atoms with Crippen molar-refractivity contribution in [1.82, 2.24) is 4.90 Å². The molecule has 0 spiro atoms. The molecule has 3 aromatic rings. The third kappa shape index (κ3) is 4.08. The van der Waals surface area contributed by atoms with E-state index >= 15 is 0 Å². The highest BCUT2D eigenvalue weighted by molar-refractivity contribution is 6.03. The number of methoxy groups -OCH3 is 1. The van der Waals surface area contributed by atoms with E-state index in [1.54, 1.807) is 44.2 Å². The molecule has 8 heteroatoms. The SMILES string of the molecule is COc1ccc(C2C(C(=O)c3cc(C)oc3C)C(c3ccc(F)cc3)N(C(=O)C3CC3)C2(C)C(=O)O)cc1. The summed E-state index contributed by atoms with van der Waals surface area (Å²) in [5.41, 5.74) is -0.336. The minimum Gasteiger partial charge on any atom is -0.497 e. The lowest BCUT2D eigenvalue weighted by molar-refractivity contribution is -0.158. The number of aryl methyl sites for hydroxylation is 2. The maximum atomic E-state index is 14.4. The van der Waals surface area contributed by atoms with Gasteiger partial charge in [-0.05, 0) is 75.1 Å². The number of carbonyl (C=O) groups is 3. The van der Waals surface area contributed by atoms with Gasteiger partial charge in [0.15, 0.2) is 5.78 Å². The molecule has 1 aliphatic heterocycles. The van der Waals surface area contributed by atoms with Crippen LogP contribution in [0.15, 0.2) is 59.0 Å². The normalized spacial score (nSPS) is 24.9. The number of rotatable bonds is 7. The molecule has 1 saturated heterocycles. The zero-order valence-electron chi connectivity index (χ0n) is 21.7. The first kappa shape index (κ1) is 25.7. The second-order valence-electron chi connectivity index (χ2n) is 10.4. The van der Waals surface area contributed by atoms with Gasteiger partial charge in [0, 0.05) is 11.8 Å². The summed E-state index contributed by atoms with van der Waals surface area (Å²) in [7, 11) is 1.53. The lowest BCUT2D eigenvalue weighted by Crippen LogP contribution is -2.54. The second kappa shape index (κ2) is 9.42. The first-order valence-corrected chi connectivity index (χ1v) is 12.6. The van der Waals surface area contributed by atoms with Crippen LogP contribution in [0.3, 0.4) is 0 Å². The van der Waals surface area contributed by atoms with Gasteiger partial charge >= 0.3 is 5.97 Å². The number of carboxylic acids is 1. The molecule has 4 atom stereocenters. The highest BCUT2D eigenvalue weighted by Gasteiger charge is 2.66. The van der Waals surface area contributed by atoms with Gasteiger partial charge in [-0.1, -0.05) is 24.3 Å². The van der Waals surface area contributed by atoms with Crippen molar-refractivity contribution >= 4 is 17.7 Å². The Balaban J connectivity index is 1.79. The van der Waals surface area contributed by atoms with Crippen molar-refractivity contribution in [2.45, 2.75) is 51.1 Å². The molecule has 1 aromatic heterocycles. The van der Waals surface area contributed by atoms with Crippen molar-refractivity contribution in [2.75, 3.05) is 7.11 Å². The number of furan rings is 1. The van der Waals surface area contributed by atoms with Gasteiger partial charge in [-0.25, -0.2) is 9.18 Å². The third-order valence-electron chi connectivity index (χ3n) is 7.98. The number of aliphatic carboxylic acids is 1. The molecule has 2 fully saturated rings. The summed E-state index contributed by atoms with van der Waals surface area (Å²) in [6, 6.07) is 13.2. The molecule has 0 bridgehead atoms. The number of Topliss-reactive ketones (excluding diaryl/α,β-unsaturated/α-hetero) is 1. The van der Waals surface area contributed by atoms with Crippen LogP contribution in [-0.4, -0.2) is 40.3 Å². The van der Waals surface area contributed by atoms with Gasteiger partial charge in [-0.2, -0.15) is 0 Å². The number of ether oxygens (including phenoxy) is 1. The van der Waals surface area contributed by atoms with Crippen LogP contribution in [0.4, 0.5) is 4.39 Å². The number of carbonyl (C=O) groups excluding carboxylic acids is 2. The molecule has 1 aliphatic carbocycles. The number of benzene rings is 2. The van der Waals surface area contributed by atoms with Gasteiger partial charge < -0.3 is 19.2 Å². The van der Waals surface area contributed by atoms with Gasteiger partial charge in [0.05, 0.1) is 24.6 Å². The number of likely N-dealkylation sites (tertiary alicyclic amines) is 1. The highest BCUT2D eigenvalue weighted by Crippen LogP contribution is 2.58. The maximum absolute atomic E-state index is 14.4. The summed E-state index contributed by atoms with van der Waals surface area (Å²) in [4.78, 5) is 42.9. The molecule has 38 heavy (non-hydrogen) atoms. The van der Waals surface area contributed by atoms with E-state index in [4.69, 9.17) is 9.15 Å². The monoisotopic (exact) mass is 519 g/mol. The molecule has 2 aliphatic rings. The largest absolute Gasteiger partial charge is 0.497 e. The van der Waals surface area contributed by atoms with Crippen LogP contribution in [0.25, 0.3) is 0 Å². The van der Waals surface area contributed by atoms with Gasteiger partial charge in [0.1, 0.15) is 28.6 Å². The van der Waals surface area contributed by atoms with Crippen LogP contribution in [0, 0.1) is 31.5 Å². The molecule has 0 radical (unpaired) electrons. The predicted octanol–water partition coefficient (Wildman–Crippen LogP) is 5.46. The number of hydrogen-bond acceptors (Lipinski definition) is 5. The van der Waals surface area contributed by atoms with Crippen LogP contribution in [-0.2, 0) is 9.59 Å². The van der Waals surface area contributed by atoms with E-state index in [1.165, 1.54) is 43.2 Å². The van der Waals surface area contributed by atoms with Crippen LogP contribution < -0.4 is 4.74 Å². The fourth-order valence-corrected chi connectivity index (χ4v) is 5.97. The van der Waals surface area contributed by atoms with Gasteiger partial charge in [-0.15, -0.1) is 0 Å². The Hall–Kier alpha value is -3.94. The zero-order valence-corrected chi connectivity index (χ0v) is 21.7. The summed E-state index contributed by atoms with van der Waals surface area (Å²) in [5.74, 6) is -2.96. The molecular formula is C30H30FNO6. The van der Waals surface area contributed by atoms with Crippen molar-refractivity contribution in [3.63, 3.8) is 0 Å². The number of amides is 1. The lowest BCUT2D eigenvalue weighted by Gasteiger charge is -2.38. The second-order valence-corrected chi connectivity index (χ2v) is 10.4. The highest BCUT2D eigenvalue weighted by atomic mass is 19.1. The summed E-state index contributed by atoms with van der Waals surface area (Å²) in [6.07, 6.45) is 1.32. The molecule has 1 amide bonds. The topological polar surface area (TPSA) is 97.0 Å². The summed E-state index contributed by atoms with van der Waals surface area (Å²) < 4.78 is 24.9. The Morgan fingerprint density at radius 1 is 1.03 bits per heavy atom. The molecule has 1 N–H and O–H groups in total. The van der Waals surface area contributed by atoms with Gasteiger partial charge in [-0.3, -0.25) is 9.59 Å². The van der Waals surface area contributed by atoms with Crippen LogP contribution >= 0.6 is 0 Å². The average Bonchev–Trinajstić information content (AvgIpc) is 3.63. The molecule has 2 aromatic carbocycles. The van der Waals surface area contributed by atoms with Crippen molar-refractivity contribution in [1.29, 1.82) is 0 Å². The lowest BCUT2D eigenvalue weighted by atomic mass is 9.71. The van der Waals surface area contributed by atoms with E-state index in [-0.39, 0.29) is 17.6 Å². The summed E-state index contributed by atoms with van der Waals surface area (Å²) >= 11 is 0. The standard InChI is InChI=1S/C30H30FNO6/c1-16-15-23(17(2)38-16)27(33)24-25(18-9-13-22(37-4)14-10-18)30(3,29(35)36)32(28(34)20-5-6-20)26(24)19-7-11-21(31)12-8-19/h7-15,20,24-26H,5-6H2,1-4H3,(H,35,36). The zero-order chi connectivity index (χ0) is 27.4. The minimum absolute atomic E-state index is 0.306. The summed E-state index contributed by atoms with van der Waals surface area (Å²) in [6.45, 7) is 4.94. The Morgan fingerprint density at radius 2 is 1.63 bits per heavy atom. The Kier molecular flexibility index (Phi) is 6.37. The molecule has 4 unspecified atom stereocenters. The van der Waals surface area contributed by atoms with Crippen LogP contribution in [0.5, 0.6) is 5.75 Å². The van der Waals surface area contributed by atoms with Gasteiger partial charge in [0.25, 0.3) is 0 Å². The first-order chi connectivity index (χ1) is 18.1. The van der Waals surface area contributed by atoms with Gasteiger partial charge in [0.2, 0.25) is 5.91 Å². The number of ketones is 1. The van der Waals surface area contributed by atoms with E-state index in [1.807, 2.05) is 0 Å². The fourth-order valence-electron chi connectivity index (χ4n) is 5.97. The van der Waals surface area contributed by atoms with Crippen LogP contribution in [0.1, 0.15) is 64.7 Å². The quantitative estimate of drug-likeness (QED) is 0.416. The Morgan fingerprint density at radius 3 is 2.13 bits per heavy atom.